The van der Waals surface area contributed by atoms with Crippen LogP contribution in [0.15, 0.2) is 78.5 Å². The first kappa shape index (κ1) is 19.2. The van der Waals surface area contributed by atoms with E-state index < -0.39 is 11.8 Å². The van der Waals surface area contributed by atoms with Crippen molar-refractivity contribution in [2.75, 3.05) is 10.2 Å². The summed E-state index contributed by atoms with van der Waals surface area (Å²) in [7, 11) is 0. The van der Waals surface area contributed by atoms with E-state index in [1.807, 2.05) is 37.3 Å². The zero-order valence-electron chi connectivity index (χ0n) is 15.4. The summed E-state index contributed by atoms with van der Waals surface area (Å²) < 4.78 is 0. The largest absolute Gasteiger partial charge is 0.350 e. The number of carbonyl (C=O) groups is 2. The van der Waals surface area contributed by atoms with Crippen molar-refractivity contribution < 1.29 is 9.59 Å². The van der Waals surface area contributed by atoms with Gasteiger partial charge in [0.2, 0.25) is 0 Å². The van der Waals surface area contributed by atoms with Gasteiger partial charge in [-0.1, -0.05) is 65.7 Å². The van der Waals surface area contributed by atoms with Crippen molar-refractivity contribution in [2.24, 2.45) is 0 Å². The number of anilines is 2. The molecule has 1 N–H and O–H groups in total. The summed E-state index contributed by atoms with van der Waals surface area (Å²) in [4.78, 5) is 27.7. The molecule has 0 aromatic heterocycles. The highest BCUT2D eigenvalue weighted by Crippen LogP contribution is 2.35. The fourth-order valence-corrected chi connectivity index (χ4v) is 3.55. The molecule has 0 unspecified atom stereocenters. The van der Waals surface area contributed by atoms with Crippen LogP contribution < -0.4 is 10.2 Å². The molecule has 0 fully saturated rings. The monoisotopic (exact) mass is 422 g/mol. The number of hydrogen-bond acceptors (Lipinski definition) is 3. The lowest BCUT2D eigenvalue weighted by molar-refractivity contribution is -0.120. The van der Waals surface area contributed by atoms with Gasteiger partial charge in [-0.25, -0.2) is 4.90 Å². The van der Waals surface area contributed by atoms with Gasteiger partial charge >= 0.3 is 0 Å². The fraction of sp³-hybridized carbons (Fsp3) is 0.0435. The average Bonchev–Trinajstić information content (AvgIpc) is 2.95. The zero-order chi connectivity index (χ0) is 20.5. The molecule has 3 aromatic rings. The number of halogens is 2. The van der Waals surface area contributed by atoms with Gasteiger partial charge in [0.25, 0.3) is 11.8 Å². The van der Waals surface area contributed by atoms with E-state index in [1.165, 1.54) is 0 Å². The van der Waals surface area contributed by atoms with Crippen molar-refractivity contribution in [3.8, 4) is 0 Å². The van der Waals surface area contributed by atoms with Crippen LogP contribution in [0.2, 0.25) is 10.0 Å². The van der Waals surface area contributed by atoms with Gasteiger partial charge in [0.15, 0.2) is 0 Å². The van der Waals surface area contributed by atoms with Gasteiger partial charge < -0.3 is 5.32 Å². The van der Waals surface area contributed by atoms with Crippen molar-refractivity contribution in [2.45, 2.75) is 6.92 Å². The van der Waals surface area contributed by atoms with Crippen LogP contribution in [0.25, 0.3) is 5.57 Å². The minimum atomic E-state index is -0.451. The molecule has 1 aliphatic rings. The fourth-order valence-electron chi connectivity index (χ4n) is 3.18. The van der Waals surface area contributed by atoms with Crippen LogP contribution in [0.1, 0.15) is 11.1 Å². The number of nitrogens with one attached hydrogen (secondary N) is 1. The van der Waals surface area contributed by atoms with E-state index in [9.17, 15) is 9.59 Å². The van der Waals surface area contributed by atoms with Crippen LogP contribution in [0, 0.1) is 6.92 Å². The quantitative estimate of drug-likeness (QED) is 0.548. The molecule has 4 nitrogen and oxygen atoms in total. The molecular weight excluding hydrogens is 407 g/mol. The van der Waals surface area contributed by atoms with E-state index in [0.29, 0.717) is 32.6 Å². The maximum absolute atomic E-state index is 13.3. The summed E-state index contributed by atoms with van der Waals surface area (Å²) in [5.41, 5.74) is 3.10. The Morgan fingerprint density at radius 1 is 0.828 bits per heavy atom. The Bertz CT molecular complexity index is 1160. The van der Waals surface area contributed by atoms with Gasteiger partial charge in [0.05, 0.1) is 11.3 Å². The molecule has 0 saturated carbocycles. The number of benzene rings is 3. The van der Waals surface area contributed by atoms with E-state index >= 15 is 0 Å². The molecule has 1 aliphatic heterocycles. The van der Waals surface area contributed by atoms with E-state index in [1.54, 1.807) is 42.5 Å². The Balaban J connectivity index is 1.82. The SMILES string of the molecule is Cc1ccc(NC2=C(c3ccccc3)C(=O)N(c3cccc(Cl)c3)C2=O)cc1Cl. The lowest BCUT2D eigenvalue weighted by Gasteiger charge is -2.15. The summed E-state index contributed by atoms with van der Waals surface area (Å²) in [5, 5.41) is 4.11. The minimum absolute atomic E-state index is 0.195. The highest BCUT2D eigenvalue weighted by molar-refractivity contribution is 6.46. The second-order valence-electron chi connectivity index (χ2n) is 6.63. The lowest BCUT2D eigenvalue weighted by Crippen LogP contribution is -2.32. The maximum atomic E-state index is 13.3. The Morgan fingerprint density at radius 2 is 1.59 bits per heavy atom. The van der Waals surface area contributed by atoms with E-state index in [4.69, 9.17) is 23.2 Å². The average molecular weight is 423 g/mol. The van der Waals surface area contributed by atoms with Gasteiger partial charge in [0, 0.05) is 15.7 Å². The molecule has 1 heterocycles. The molecule has 3 aromatic carbocycles. The van der Waals surface area contributed by atoms with Gasteiger partial charge in [-0.2, -0.15) is 0 Å². The molecule has 29 heavy (non-hydrogen) atoms. The molecule has 0 atom stereocenters. The first-order valence-electron chi connectivity index (χ1n) is 8.93. The number of amides is 2. The summed E-state index contributed by atoms with van der Waals surface area (Å²) in [5.74, 6) is -0.864. The van der Waals surface area contributed by atoms with Crippen LogP contribution >= 0.6 is 23.2 Å². The van der Waals surface area contributed by atoms with Crippen LogP contribution in [0.4, 0.5) is 11.4 Å². The molecule has 0 bridgehead atoms. The third-order valence-electron chi connectivity index (χ3n) is 4.65. The highest BCUT2D eigenvalue weighted by Gasteiger charge is 2.40. The Kier molecular flexibility index (Phi) is 5.14. The molecule has 0 radical (unpaired) electrons. The summed E-state index contributed by atoms with van der Waals surface area (Å²) >= 11 is 12.3. The smallest absolute Gasteiger partial charge is 0.282 e. The van der Waals surface area contributed by atoms with Crippen LogP contribution in [0.5, 0.6) is 0 Å². The molecule has 6 heteroatoms. The van der Waals surface area contributed by atoms with Crippen LogP contribution in [-0.2, 0) is 9.59 Å². The predicted octanol–water partition coefficient (Wildman–Crippen LogP) is 5.70. The number of aryl methyl sites for hydroxylation is 1. The molecule has 0 aliphatic carbocycles. The number of hydrogen-bond donors (Lipinski definition) is 1. The molecule has 0 saturated heterocycles. The second-order valence-corrected chi connectivity index (χ2v) is 7.47. The molecule has 144 valence electrons. The van der Waals surface area contributed by atoms with Crippen molar-refractivity contribution in [1.29, 1.82) is 0 Å². The third kappa shape index (κ3) is 3.65. The predicted molar refractivity (Wildman–Crippen MR) is 117 cm³/mol. The summed E-state index contributed by atoms with van der Waals surface area (Å²) in [6.45, 7) is 1.89. The van der Waals surface area contributed by atoms with Gasteiger partial charge in [-0.05, 0) is 48.4 Å². The van der Waals surface area contributed by atoms with Crippen molar-refractivity contribution in [3.05, 3.63) is 99.7 Å². The number of carbonyl (C=O) groups excluding carboxylic acids is 2. The molecule has 4 rings (SSSR count). The van der Waals surface area contributed by atoms with Crippen molar-refractivity contribution >= 4 is 52.0 Å². The molecule has 0 spiro atoms. The number of rotatable bonds is 4. The number of nitrogens with zero attached hydrogens (tertiary/aromatic N) is 1. The van der Waals surface area contributed by atoms with Gasteiger partial charge in [0.1, 0.15) is 5.70 Å². The lowest BCUT2D eigenvalue weighted by atomic mass is 10.0. The van der Waals surface area contributed by atoms with Crippen LogP contribution in [0.3, 0.4) is 0 Å². The zero-order valence-corrected chi connectivity index (χ0v) is 17.0. The van der Waals surface area contributed by atoms with Crippen LogP contribution in [-0.4, -0.2) is 11.8 Å². The summed E-state index contributed by atoms with van der Waals surface area (Å²) in [6.07, 6.45) is 0. The minimum Gasteiger partial charge on any atom is -0.350 e. The Morgan fingerprint density at radius 3 is 2.28 bits per heavy atom. The Labute approximate surface area is 178 Å². The van der Waals surface area contributed by atoms with Crippen molar-refractivity contribution in [3.63, 3.8) is 0 Å². The first-order valence-corrected chi connectivity index (χ1v) is 9.68. The van der Waals surface area contributed by atoms with E-state index in [0.717, 1.165) is 10.5 Å². The standard InChI is InChI=1S/C23H16Cl2N2O2/c1-14-10-11-17(13-19(14)25)26-21-20(15-6-3-2-4-7-15)22(28)27(23(21)29)18-9-5-8-16(24)12-18/h2-13,26H,1H3. The highest BCUT2D eigenvalue weighted by atomic mass is 35.5. The Hall–Kier alpha value is -3.08. The van der Waals surface area contributed by atoms with Gasteiger partial charge in [-0.3, -0.25) is 9.59 Å². The van der Waals surface area contributed by atoms with E-state index in [2.05, 4.69) is 5.32 Å². The maximum Gasteiger partial charge on any atom is 0.282 e. The van der Waals surface area contributed by atoms with Crippen molar-refractivity contribution in [1.82, 2.24) is 0 Å². The second kappa shape index (κ2) is 7.74. The molecular formula is C23H16Cl2N2O2. The van der Waals surface area contributed by atoms with Gasteiger partial charge in [-0.15, -0.1) is 0 Å². The van der Waals surface area contributed by atoms with E-state index in [-0.39, 0.29) is 5.70 Å². The molecule has 2 amide bonds. The summed E-state index contributed by atoms with van der Waals surface area (Å²) in [6, 6.07) is 21.1. The number of imide groups is 1. The first-order chi connectivity index (χ1) is 14.0. The normalized spacial score (nSPS) is 14.0. The third-order valence-corrected chi connectivity index (χ3v) is 5.30. The topological polar surface area (TPSA) is 49.4 Å².